The summed E-state index contributed by atoms with van der Waals surface area (Å²) in [6.07, 6.45) is 3.45. The van der Waals surface area contributed by atoms with Crippen LogP contribution in [0.5, 0.6) is 0 Å². The normalized spacial score (nSPS) is 21.2. The van der Waals surface area contributed by atoms with Gasteiger partial charge in [-0.15, -0.1) is 0 Å². The lowest BCUT2D eigenvalue weighted by atomic mass is 9.86. The summed E-state index contributed by atoms with van der Waals surface area (Å²) in [6, 6.07) is 5.21. The molecule has 1 aliphatic carbocycles. The van der Waals surface area contributed by atoms with Gasteiger partial charge in [0, 0.05) is 16.8 Å². The zero-order valence-electron chi connectivity index (χ0n) is 12.6. The van der Waals surface area contributed by atoms with Crippen molar-refractivity contribution in [2.45, 2.75) is 45.1 Å². The third kappa shape index (κ3) is 4.37. The Morgan fingerprint density at radius 1 is 1.27 bits per heavy atom. The van der Waals surface area contributed by atoms with Crippen molar-refractivity contribution in [1.82, 2.24) is 5.32 Å². The number of amides is 2. The molecule has 0 atom stereocenters. The first-order chi connectivity index (χ1) is 10.5. The van der Waals surface area contributed by atoms with Crippen LogP contribution in [-0.4, -0.2) is 23.1 Å². The molecule has 0 aromatic heterocycles. The molecule has 2 rings (SSSR count). The number of nitrogens with one attached hydrogen (secondary N) is 2. The standard InChI is InChI=1S/C16H21ClN2O3/c1-2-10-3-8-13(9-14(10)17)19-16(22)18-12-6-4-11(5-7-12)15(20)21/h3,8-9,11-12H,2,4-7H2,1H3,(H,20,21)(H2,18,19,22). The Labute approximate surface area is 135 Å². The first-order valence-electron chi connectivity index (χ1n) is 7.58. The summed E-state index contributed by atoms with van der Waals surface area (Å²) in [6.45, 7) is 2.02. The first kappa shape index (κ1) is 16.6. The highest BCUT2D eigenvalue weighted by atomic mass is 35.5. The summed E-state index contributed by atoms with van der Waals surface area (Å²) in [7, 11) is 0. The SMILES string of the molecule is CCc1ccc(NC(=O)NC2CCC(C(=O)O)CC2)cc1Cl. The van der Waals surface area contributed by atoms with Crippen LogP contribution in [0.2, 0.25) is 5.02 Å². The summed E-state index contributed by atoms with van der Waals surface area (Å²) >= 11 is 6.12. The lowest BCUT2D eigenvalue weighted by Crippen LogP contribution is -2.40. The minimum Gasteiger partial charge on any atom is -0.481 e. The molecule has 1 fully saturated rings. The summed E-state index contributed by atoms with van der Waals surface area (Å²) in [5.41, 5.74) is 1.69. The van der Waals surface area contributed by atoms with Gasteiger partial charge in [0.2, 0.25) is 0 Å². The second-order valence-electron chi connectivity index (χ2n) is 5.64. The van der Waals surface area contributed by atoms with E-state index in [1.165, 1.54) is 0 Å². The number of hydrogen-bond donors (Lipinski definition) is 3. The van der Waals surface area contributed by atoms with Crippen molar-refractivity contribution < 1.29 is 14.7 Å². The van der Waals surface area contributed by atoms with E-state index in [9.17, 15) is 9.59 Å². The minimum atomic E-state index is -0.742. The van der Waals surface area contributed by atoms with Gasteiger partial charge in [-0.1, -0.05) is 24.6 Å². The number of aryl methyl sites for hydroxylation is 1. The van der Waals surface area contributed by atoms with Crippen LogP contribution >= 0.6 is 11.6 Å². The van der Waals surface area contributed by atoms with Gasteiger partial charge in [-0.25, -0.2) is 4.79 Å². The fraction of sp³-hybridized carbons (Fsp3) is 0.500. The molecular formula is C16H21ClN2O3. The number of benzene rings is 1. The van der Waals surface area contributed by atoms with Crippen LogP contribution in [-0.2, 0) is 11.2 Å². The van der Waals surface area contributed by atoms with E-state index in [0.717, 1.165) is 12.0 Å². The maximum atomic E-state index is 12.0. The van der Waals surface area contributed by atoms with E-state index in [2.05, 4.69) is 10.6 Å². The van der Waals surface area contributed by atoms with Crippen LogP contribution in [0.15, 0.2) is 18.2 Å². The van der Waals surface area contributed by atoms with Gasteiger partial charge in [0.25, 0.3) is 0 Å². The van der Waals surface area contributed by atoms with Crippen LogP contribution in [0.3, 0.4) is 0 Å². The van der Waals surface area contributed by atoms with Crippen LogP contribution in [0.25, 0.3) is 0 Å². The van der Waals surface area contributed by atoms with Crippen molar-refractivity contribution in [3.8, 4) is 0 Å². The maximum absolute atomic E-state index is 12.0. The van der Waals surface area contributed by atoms with E-state index >= 15 is 0 Å². The maximum Gasteiger partial charge on any atom is 0.319 e. The largest absolute Gasteiger partial charge is 0.481 e. The third-order valence-electron chi connectivity index (χ3n) is 4.10. The molecule has 0 radical (unpaired) electrons. The van der Waals surface area contributed by atoms with Crippen LogP contribution in [0.1, 0.15) is 38.2 Å². The Balaban J connectivity index is 1.83. The average molecular weight is 325 g/mol. The van der Waals surface area contributed by atoms with Gasteiger partial charge in [0.1, 0.15) is 0 Å². The van der Waals surface area contributed by atoms with Gasteiger partial charge in [0.15, 0.2) is 0 Å². The predicted molar refractivity (Wildman–Crippen MR) is 86.4 cm³/mol. The van der Waals surface area contributed by atoms with Crippen molar-refractivity contribution in [3.05, 3.63) is 28.8 Å². The third-order valence-corrected chi connectivity index (χ3v) is 4.46. The lowest BCUT2D eigenvalue weighted by molar-refractivity contribution is -0.142. The predicted octanol–water partition coefficient (Wildman–Crippen LogP) is 3.67. The highest BCUT2D eigenvalue weighted by Crippen LogP contribution is 2.25. The van der Waals surface area contributed by atoms with E-state index < -0.39 is 5.97 Å². The van der Waals surface area contributed by atoms with Gasteiger partial charge in [-0.3, -0.25) is 4.79 Å². The van der Waals surface area contributed by atoms with Crippen molar-refractivity contribution >= 4 is 29.3 Å². The zero-order chi connectivity index (χ0) is 16.1. The topological polar surface area (TPSA) is 78.4 Å². The number of carbonyl (C=O) groups is 2. The number of anilines is 1. The summed E-state index contributed by atoms with van der Waals surface area (Å²) in [4.78, 5) is 22.9. The molecule has 0 heterocycles. The molecule has 1 saturated carbocycles. The van der Waals surface area contributed by atoms with Crippen molar-refractivity contribution in [1.29, 1.82) is 0 Å². The van der Waals surface area contributed by atoms with Gasteiger partial charge in [0.05, 0.1) is 5.92 Å². The number of hydrogen-bond acceptors (Lipinski definition) is 2. The molecule has 5 nitrogen and oxygen atoms in total. The van der Waals surface area contributed by atoms with E-state index in [0.29, 0.717) is 36.4 Å². The van der Waals surface area contributed by atoms with Gasteiger partial charge in [-0.2, -0.15) is 0 Å². The number of carboxylic acids is 1. The second-order valence-corrected chi connectivity index (χ2v) is 6.05. The van der Waals surface area contributed by atoms with Crippen LogP contribution < -0.4 is 10.6 Å². The molecule has 22 heavy (non-hydrogen) atoms. The van der Waals surface area contributed by atoms with Crippen molar-refractivity contribution in [3.63, 3.8) is 0 Å². The highest BCUT2D eigenvalue weighted by molar-refractivity contribution is 6.31. The molecule has 1 aliphatic rings. The highest BCUT2D eigenvalue weighted by Gasteiger charge is 2.26. The first-order valence-corrected chi connectivity index (χ1v) is 7.96. The van der Waals surface area contributed by atoms with E-state index in [1.54, 1.807) is 6.07 Å². The Kier molecular flexibility index (Phi) is 5.66. The molecule has 0 saturated heterocycles. The molecule has 0 unspecified atom stereocenters. The Bertz CT molecular complexity index is 554. The number of halogens is 1. The smallest absolute Gasteiger partial charge is 0.319 e. The quantitative estimate of drug-likeness (QED) is 0.790. The van der Waals surface area contributed by atoms with E-state index in [1.807, 2.05) is 19.1 Å². The molecule has 120 valence electrons. The molecule has 0 spiro atoms. The molecule has 1 aromatic rings. The van der Waals surface area contributed by atoms with Crippen molar-refractivity contribution in [2.75, 3.05) is 5.32 Å². The number of carboxylic acid groups (broad SMARTS) is 1. The van der Waals surface area contributed by atoms with Crippen LogP contribution in [0, 0.1) is 5.92 Å². The van der Waals surface area contributed by atoms with Gasteiger partial charge >= 0.3 is 12.0 Å². The lowest BCUT2D eigenvalue weighted by Gasteiger charge is -2.26. The number of urea groups is 1. The average Bonchev–Trinajstić information content (AvgIpc) is 2.48. The number of aliphatic carboxylic acids is 1. The monoisotopic (exact) mass is 324 g/mol. The molecule has 6 heteroatoms. The fourth-order valence-corrected chi connectivity index (χ4v) is 3.06. The molecule has 1 aromatic carbocycles. The summed E-state index contributed by atoms with van der Waals surface area (Å²) in [5.74, 6) is -1.02. The zero-order valence-corrected chi connectivity index (χ0v) is 13.3. The van der Waals surface area contributed by atoms with Crippen molar-refractivity contribution in [2.24, 2.45) is 5.92 Å². The summed E-state index contributed by atoms with van der Waals surface area (Å²) in [5, 5.41) is 15.3. The fourth-order valence-electron chi connectivity index (χ4n) is 2.75. The molecular weight excluding hydrogens is 304 g/mol. The molecule has 3 N–H and O–H groups in total. The second kappa shape index (κ2) is 7.49. The van der Waals surface area contributed by atoms with E-state index in [-0.39, 0.29) is 18.0 Å². The van der Waals surface area contributed by atoms with Gasteiger partial charge < -0.3 is 15.7 Å². The summed E-state index contributed by atoms with van der Waals surface area (Å²) < 4.78 is 0. The Morgan fingerprint density at radius 3 is 2.50 bits per heavy atom. The van der Waals surface area contributed by atoms with Crippen LogP contribution in [0.4, 0.5) is 10.5 Å². The molecule has 0 aliphatic heterocycles. The van der Waals surface area contributed by atoms with Gasteiger partial charge in [-0.05, 0) is 49.8 Å². The molecule has 0 bridgehead atoms. The minimum absolute atomic E-state index is 0.0287. The Morgan fingerprint density at radius 2 is 1.95 bits per heavy atom. The number of rotatable bonds is 4. The number of carbonyl (C=O) groups excluding carboxylic acids is 1. The Hall–Kier alpha value is -1.75. The molecule has 2 amide bonds. The van der Waals surface area contributed by atoms with E-state index in [4.69, 9.17) is 16.7 Å².